The first-order valence-corrected chi connectivity index (χ1v) is 20.4. The molecule has 0 unspecified atom stereocenters. The summed E-state index contributed by atoms with van der Waals surface area (Å²) in [5.41, 5.74) is -2.00. The first-order valence-electron chi connectivity index (χ1n) is 28.4. The first kappa shape index (κ1) is 23.1. The fourth-order valence-corrected chi connectivity index (χ4v) is 9.78. The van der Waals surface area contributed by atoms with Crippen LogP contribution in [-0.4, -0.2) is 0 Å². The van der Waals surface area contributed by atoms with Crippen LogP contribution in [0.2, 0.25) is 0 Å². The fourth-order valence-electron chi connectivity index (χ4n) is 9.78. The van der Waals surface area contributed by atoms with Gasteiger partial charge < -0.3 is 9.32 Å². The summed E-state index contributed by atoms with van der Waals surface area (Å²) >= 11 is 0. The smallest absolute Gasteiger partial charge is 0.136 e. The van der Waals surface area contributed by atoms with Gasteiger partial charge in [-0.05, 0) is 125 Å². The minimum atomic E-state index is -2.79. The minimum absolute atomic E-state index is 0.0653. The third-order valence-corrected chi connectivity index (χ3v) is 12.4. The topological polar surface area (TPSA) is 16.4 Å². The van der Waals surface area contributed by atoms with E-state index in [1.807, 2.05) is 127 Å². The second-order valence-corrected chi connectivity index (χ2v) is 15.6. The first-order chi connectivity index (χ1) is 37.9. The van der Waals surface area contributed by atoms with Crippen molar-refractivity contribution < 1.29 is 26.3 Å². The van der Waals surface area contributed by atoms with E-state index in [1.165, 1.54) is 6.07 Å². The largest absolute Gasteiger partial charge is 0.456 e. The molecule has 1 aliphatic carbocycles. The molecule has 0 atom stereocenters. The molecule has 2 nitrogen and oxygen atoms in total. The van der Waals surface area contributed by atoms with Crippen molar-refractivity contribution in [3.8, 4) is 22.3 Å². The average molecular weight is 818 g/mol. The van der Waals surface area contributed by atoms with Crippen LogP contribution in [0.3, 0.4) is 0 Å². The SMILES string of the molecule is [2H]c1c(N(c2cccc(-c3cccc4oc5ccccc5c34)c2)c2ccc3c4ccccc4c4ccccc4c3c2)cc2c(c1[2H])-c1c([2H])c([2H])c([2H])c([2H])c1C2(c1c([2H])c([2H])c([2H])c([2H])c1[2H])c1c([2H])c([2H])c([2H])c([2H])c1[2H]. The molecule has 0 aliphatic heterocycles. The van der Waals surface area contributed by atoms with E-state index in [0.717, 1.165) is 54.2 Å². The Morgan fingerprint density at radius 3 is 1.67 bits per heavy atom. The van der Waals surface area contributed by atoms with Gasteiger partial charge in [0.15, 0.2) is 0 Å². The quantitative estimate of drug-likeness (QED) is 0.155. The van der Waals surface area contributed by atoms with Gasteiger partial charge in [0.25, 0.3) is 0 Å². The second kappa shape index (κ2) is 13.9. The summed E-state index contributed by atoms with van der Waals surface area (Å²) in [5.74, 6) is 0. The molecule has 294 valence electrons. The highest BCUT2D eigenvalue weighted by molar-refractivity contribution is 6.26. The number of nitrogens with zero attached hydrogens (tertiary/aromatic N) is 1. The van der Waals surface area contributed by atoms with Crippen LogP contribution in [0.5, 0.6) is 0 Å². The predicted octanol–water partition coefficient (Wildman–Crippen LogP) is 16.5. The molecule has 1 heterocycles. The Bertz CT molecular complexity index is 4560. The summed E-state index contributed by atoms with van der Waals surface area (Å²) in [7, 11) is 0. The van der Waals surface area contributed by atoms with Crippen molar-refractivity contribution in [2.45, 2.75) is 5.41 Å². The molecule has 0 spiro atoms. The molecule has 11 aromatic carbocycles. The van der Waals surface area contributed by atoms with E-state index in [1.54, 1.807) is 4.90 Å². The van der Waals surface area contributed by atoms with E-state index in [-0.39, 0.29) is 16.8 Å². The second-order valence-electron chi connectivity index (χ2n) is 15.6. The van der Waals surface area contributed by atoms with Crippen molar-refractivity contribution in [1.82, 2.24) is 0 Å². The van der Waals surface area contributed by atoms with E-state index in [0.29, 0.717) is 22.5 Å². The molecule has 2 heteroatoms. The van der Waals surface area contributed by atoms with E-state index >= 15 is 0 Å². The Morgan fingerprint density at radius 1 is 0.365 bits per heavy atom. The molecular formula is C61H39NO. The monoisotopic (exact) mass is 817 g/mol. The molecule has 0 N–H and O–H groups in total. The van der Waals surface area contributed by atoms with Crippen molar-refractivity contribution in [2.24, 2.45) is 0 Å². The molecule has 0 saturated heterocycles. The Hall–Kier alpha value is -8.20. The van der Waals surface area contributed by atoms with Gasteiger partial charge in [-0.25, -0.2) is 0 Å². The minimum Gasteiger partial charge on any atom is -0.456 e. The lowest BCUT2D eigenvalue weighted by atomic mass is 9.67. The summed E-state index contributed by atoms with van der Waals surface area (Å²) in [6.07, 6.45) is 0. The molecule has 12 aromatic rings. The van der Waals surface area contributed by atoms with Gasteiger partial charge in [-0.2, -0.15) is 0 Å². The predicted molar refractivity (Wildman–Crippen MR) is 264 cm³/mol. The Kier molecular flexibility index (Phi) is 5.11. The van der Waals surface area contributed by atoms with Gasteiger partial charge in [-0.15, -0.1) is 0 Å². The third kappa shape index (κ3) is 5.25. The lowest BCUT2D eigenvalue weighted by molar-refractivity contribution is 0.669. The summed E-state index contributed by atoms with van der Waals surface area (Å²) in [4.78, 5) is 1.73. The zero-order valence-corrected chi connectivity index (χ0v) is 33.1. The van der Waals surface area contributed by atoms with Gasteiger partial charge in [-0.1, -0.05) is 188 Å². The third-order valence-electron chi connectivity index (χ3n) is 12.4. The van der Waals surface area contributed by atoms with Crippen LogP contribution in [0.15, 0.2) is 241 Å². The highest BCUT2D eigenvalue weighted by Gasteiger charge is 2.46. The van der Waals surface area contributed by atoms with Gasteiger partial charge >= 0.3 is 0 Å². The molecule has 1 aliphatic rings. The highest BCUT2D eigenvalue weighted by atomic mass is 16.3. The van der Waals surface area contributed by atoms with E-state index < -0.39 is 124 Å². The van der Waals surface area contributed by atoms with Gasteiger partial charge in [0.1, 0.15) is 11.2 Å². The number of hydrogen-bond acceptors (Lipinski definition) is 2. The average Bonchev–Trinajstić information content (AvgIpc) is 2.38. The summed E-state index contributed by atoms with van der Waals surface area (Å²) in [6, 6.07) is 31.2. The maximum atomic E-state index is 10.2. The number of anilines is 3. The summed E-state index contributed by atoms with van der Waals surface area (Å²) in [6.45, 7) is 0. The van der Waals surface area contributed by atoms with E-state index in [9.17, 15) is 11.0 Å². The van der Waals surface area contributed by atoms with Crippen LogP contribution in [0.4, 0.5) is 17.1 Å². The molecule has 0 radical (unpaired) electrons. The van der Waals surface area contributed by atoms with Crippen molar-refractivity contribution in [3.63, 3.8) is 0 Å². The van der Waals surface area contributed by atoms with Crippen molar-refractivity contribution in [2.75, 3.05) is 4.90 Å². The van der Waals surface area contributed by atoms with Crippen LogP contribution >= 0.6 is 0 Å². The Morgan fingerprint density at radius 2 is 0.937 bits per heavy atom. The Labute approximate surface area is 388 Å². The van der Waals surface area contributed by atoms with Crippen LogP contribution < -0.4 is 4.90 Å². The van der Waals surface area contributed by atoms with Crippen LogP contribution in [0.1, 0.15) is 44.2 Å². The lowest BCUT2D eigenvalue weighted by Gasteiger charge is -2.35. The van der Waals surface area contributed by atoms with Crippen LogP contribution in [0, 0.1) is 0 Å². The molecule has 13 rings (SSSR count). The number of benzene rings is 11. The van der Waals surface area contributed by atoms with Gasteiger partial charge in [0.2, 0.25) is 0 Å². The standard InChI is InChI=1S/C61H39NO/c1-3-18-41(19-4-1)61(42-20-5-2-6-21-42)56-30-13-11-27-52(56)53-36-34-45(39-57(53)61)62(44-33-35-51-49-25-8-7-23-47(49)48-24-9-10-26-50(48)55(51)38-44)43-22-15-17-40(37-43)46-29-16-32-59-60(46)54-28-12-14-31-58(54)63-59/h1-39H/i1D,2D,3D,4D,5D,6D,11D,13D,18D,19D,20D,21D,27D,30D,34D,36D. The van der Waals surface area contributed by atoms with Crippen LogP contribution in [-0.2, 0) is 5.41 Å². The van der Waals surface area contributed by atoms with Crippen molar-refractivity contribution >= 4 is 71.3 Å². The van der Waals surface area contributed by atoms with Crippen molar-refractivity contribution in [3.05, 3.63) is 258 Å². The van der Waals surface area contributed by atoms with Gasteiger partial charge in [0.05, 0.1) is 27.3 Å². The maximum absolute atomic E-state index is 10.2. The molecule has 0 saturated carbocycles. The Balaban J connectivity index is 1.21. The number of hydrogen-bond donors (Lipinski definition) is 0. The lowest BCUT2D eigenvalue weighted by Crippen LogP contribution is -2.28. The normalized spacial score (nSPS) is 16.4. The van der Waals surface area contributed by atoms with Gasteiger partial charge in [-0.3, -0.25) is 0 Å². The molecule has 0 bridgehead atoms. The molecule has 0 amide bonds. The van der Waals surface area contributed by atoms with E-state index in [4.69, 9.17) is 15.4 Å². The van der Waals surface area contributed by atoms with Gasteiger partial charge in [0, 0.05) is 27.8 Å². The number of furan rings is 1. The summed E-state index contributed by atoms with van der Waals surface area (Å²) < 4.78 is 156. The zero-order valence-electron chi connectivity index (χ0n) is 49.1. The molecule has 0 fully saturated rings. The zero-order chi connectivity index (χ0) is 55.4. The number of para-hydroxylation sites is 1. The molecular weight excluding hydrogens is 763 g/mol. The molecule has 1 aromatic heterocycles. The summed E-state index contributed by atoms with van der Waals surface area (Å²) in [5, 5.41) is 7.34. The maximum Gasteiger partial charge on any atom is 0.136 e. The fraction of sp³-hybridized carbons (Fsp3) is 0.0164. The van der Waals surface area contributed by atoms with Crippen LogP contribution in [0.25, 0.3) is 76.5 Å². The number of rotatable bonds is 6. The highest BCUT2D eigenvalue weighted by Crippen LogP contribution is 2.57. The van der Waals surface area contributed by atoms with E-state index in [2.05, 4.69) is 6.07 Å². The molecule has 63 heavy (non-hydrogen) atoms. The van der Waals surface area contributed by atoms with Crippen molar-refractivity contribution in [1.29, 1.82) is 0 Å². The number of fused-ring (bicyclic) bond motifs is 12.